The predicted octanol–water partition coefficient (Wildman–Crippen LogP) is 2.01. The van der Waals surface area contributed by atoms with E-state index in [4.69, 9.17) is 4.74 Å². The van der Waals surface area contributed by atoms with Crippen molar-refractivity contribution in [2.24, 2.45) is 0 Å². The monoisotopic (exact) mass is 370 g/mol. The molecule has 142 valence electrons. The molecule has 27 heavy (non-hydrogen) atoms. The molecule has 2 N–H and O–H groups in total. The number of nitrogens with one attached hydrogen (secondary N) is 2. The molecule has 3 rings (SSSR count). The summed E-state index contributed by atoms with van der Waals surface area (Å²) in [5, 5.41) is 4.77. The van der Waals surface area contributed by atoms with Gasteiger partial charge in [-0.2, -0.15) is 0 Å². The van der Waals surface area contributed by atoms with Gasteiger partial charge in [0.1, 0.15) is 17.3 Å². The molecule has 1 aliphatic rings. The van der Waals surface area contributed by atoms with Gasteiger partial charge >= 0.3 is 6.09 Å². The quantitative estimate of drug-likeness (QED) is 0.861. The van der Waals surface area contributed by atoms with Gasteiger partial charge in [-0.05, 0) is 39.3 Å². The smallest absolute Gasteiger partial charge is 0.426 e. The van der Waals surface area contributed by atoms with E-state index in [9.17, 15) is 14.4 Å². The molecule has 2 heterocycles. The van der Waals surface area contributed by atoms with Gasteiger partial charge in [-0.25, -0.2) is 20.2 Å². The van der Waals surface area contributed by atoms with Crippen LogP contribution in [-0.2, 0) is 9.53 Å². The third-order valence-electron chi connectivity index (χ3n) is 3.97. The maximum Gasteiger partial charge on any atom is 0.426 e. The minimum Gasteiger partial charge on any atom is -0.443 e. The number of rotatable bonds is 3. The van der Waals surface area contributed by atoms with Crippen molar-refractivity contribution in [1.29, 1.82) is 0 Å². The van der Waals surface area contributed by atoms with Crippen molar-refractivity contribution in [2.45, 2.75) is 38.8 Å². The lowest BCUT2D eigenvalue weighted by Crippen LogP contribution is -2.49. The Morgan fingerprint density at radius 1 is 1.19 bits per heavy atom. The van der Waals surface area contributed by atoms with E-state index in [1.807, 2.05) is 30.3 Å². The minimum atomic E-state index is -0.722. The van der Waals surface area contributed by atoms with Gasteiger partial charge in [-0.1, -0.05) is 24.3 Å². The van der Waals surface area contributed by atoms with Crippen molar-refractivity contribution >= 4 is 28.8 Å². The van der Waals surface area contributed by atoms with Crippen molar-refractivity contribution in [3.63, 3.8) is 0 Å². The van der Waals surface area contributed by atoms with Crippen LogP contribution in [0.25, 0.3) is 10.9 Å². The number of ether oxygens (including phenoxy) is 1. The second-order valence-corrected chi connectivity index (χ2v) is 7.31. The molecule has 1 aliphatic heterocycles. The van der Waals surface area contributed by atoms with Crippen LogP contribution < -0.4 is 10.7 Å². The van der Waals surface area contributed by atoms with Crippen LogP contribution in [-0.4, -0.2) is 46.1 Å². The number of benzene rings is 1. The third-order valence-corrected chi connectivity index (χ3v) is 3.97. The fourth-order valence-corrected chi connectivity index (χ4v) is 2.76. The fourth-order valence-electron chi connectivity index (χ4n) is 2.76. The summed E-state index contributed by atoms with van der Waals surface area (Å²) < 4.78 is 5.13. The Hall–Kier alpha value is -3.16. The van der Waals surface area contributed by atoms with Gasteiger partial charge in [0.25, 0.3) is 11.8 Å². The van der Waals surface area contributed by atoms with Crippen LogP contribution in [0.2, 0.25) is 0 Å². The number of pyridine rings is 1. The molecule has 8 nitrogen and oxygen atoms in total. The second-order valence-electron chi connectivity index (χ2n) is 7.31. The summed E-state index contributed by atoms with van der Waals surface area (Å²) in [4.78, 5) is 41.0. The van der Waals surface area contributed by atoms with Gasteiger partial charge in [0, 0.05) is 11.9 Å². The highest BCUT2D eigenvalue weighted by atomic mass is 16.6. The van der Waals surface area contributed by atoms with Crippen LogP contribution in [0, 0.1) is 0 Å². The van der Waals surface area contributed by atoms with Gasteiger partial charge in [-0.15, -0.1) is 0 Å². The molecule has 2 aromatic rings. The van der Waals surface area contributed by atoms with Gasteiger partial charge in [0.2, 0.25) is 0 Å². The number of hydrazine groups is 1. The average Bonchev–Trinajstić information content (AvgIpc) is 2.93. The molecule has 1 aromatic carbocycles. The van der Waals surface area contributed by atoms with Crippen LogP contribution in [0.5, 0.6) is 0 Å². The number of amides is 3. The number of fused-ring (bicyclic) bond motifs is 1. The topological polar surface area (TPSA) is 101 Å². The van der Waals surface area contributed by atoms with Crippen molar-refractivity contribution in [2.75, 3.05) is 6.54 Å². The maximum atomic E-state index is 12.5. The van der Waals surface area contributed by atoms with E-state index in [2.05, 4.69) is 15.7 Å². The van der Waals surface area contributed by atoms with Gasteiger partial charge in [-0.3, -0.25) is 9.59 Å². The highest BCUT2D eigenvalue weighted by Gasteiger charge is 2.35. The summed E-state index contributed by atoms with van der Waals surface area (Å²) in [5.41, 5.74) is 2.68. The van der Waals surface area contributed by atoms with E-state index in [-0.39, 0.29) is 12.2 Å². The first-order valence-electron chi connectivity index (χ1n) is 8.70. The number of hydrogen-bond acceptors (Lipinski definition) is 5. The fraction of sp³-hybridized carbons (Fsp3) is 0.368. The van der Waals surface area contributed by atoms with Crippen LogP contribution in [0.1, 0.15) is 37.7 Å². The Labute approximate surface area is 156 Å². The largest absolute Gasteiger partial charge is 0.443 e. The van der Waals surface area contributed by atoms with Crippen molar-refractivity contribution in [3.8, 4) is 0 Å². The molecule has 8 heteroatoms. The molecular weight excluding hydrogens is 348 g/mol. The molecule has 0 saturated carbocycles. The van der Waals surface area contributed by atoms with E-state index in [0.717, 1.165) is 10.4 Å². The van der Waals surface area contributed by atoms with Crippen LogP contribution in [0.4, 0.5) is 4.79 Å². The molecule has 0 unspecified atom stereocenters. The minimum absolute atomic E-state index is 0.236. The summed E-state index contributed by atoms with van der Waals surface area (Å²) in [7, 11) is 0. The summed E-state index contributed by atoms with van der Waals surface area (Å²) in [6.45, 7) is 5.49. The summed E-state index contributed by atoms with van der Waals surface area (Å²) in [6.07, 6.45) is -0.326. The third kappa shape index (κ3) is 4.52. The molecule has 1 atom stereocenters. The molecule has 1 fully saturated rings. The van der Waals surface area contributed by atoms with E-state index in [0.29, 0.717) is 11.9 Å². The van der Waals surface area contributed by atoms with E-state index in [1.165, 1.54) is 0 Å². The predicted molar refractivity (Wildman–Crippen MR) is 98.7 cm³/mol. The Morgan fingerprint density at radius 2 is 1.93 bits per heavy atom. The van der Waals surface area contributed by atoms with E-state index < -0.39 is 29.6 Å². The highest BCUT2D eigenvalue weighted by molar-refractivity contribution is 5.98. The highest BCUT2D eigenvalue weighted by Crippen LogP contribution is 2.14. The first-order valence-corrected chi connectivity index (χ1v) is 8.70. The SMILES string of the molecule is CC(C)(C)OC(=O)NN1CC[C@@H](NC(=O)c2ccc3ccccc3n2)C1=O. The Bertz CT molecular complexity index is 891. The molecule has 0 radical (unpaired) electrons. The zero-order chi connectivity index (χ0) is 19.6. The molecule has 0 aliphatic carbocycles. The van der Waals surface area contributed by atoms with Crippen molar-refractivity contribution in [3.05, 3.63) is 42.1 Å². The lowest BCUT2D eigenvalue weighted by atomic mass is 10.2. The lowest BCUT2D eigenvalue weighted by molar-refractivity contribution is -0.131. The lowest BCUT2D eigenvalue weighted by Gasteiger charge is -2.23. The van der Waals surface area contributed by atoms with Crippen LogP contribution in [0.15, 0.2) is 36.4 Å². The van der Waals surface area contributed by atoms with Gasteiger partial charge < -0.3 is 10.1 Å². The molecule has 1 aromatic heterocycles. The van der Waals surface area contributed by atoms with Crippen LogP contribution >= 0.6 is 0 Å². The zero-order valence-electron chi connectivity index (χ0n) is 15.5. The molecule has 1 saturated heterocycles. The Kier molecular flexibility index (Phi) is 4.98. The first-order chi connectivity index (χ1) is 12.7. The number of aromatic nitrogens is 1. The summed E-state index contributed by atoms with van der Waals surface area (Å²) >= 11 is 0. The van der Waals surface area contributed by atoms with Crippen molar-refractivity contribution < 1.29 is 19.1 Å². The first kappa shape index (κ1) is 18.6. The average molecular weight is 370 g/mol. The standard InChI is InChI=1S/C19H22N4O4/c1-19(2,3)27-18(26)22-23-11-10-15(17(23)25)21-16(24)14-9-8-12-6-4-5-7-13(12)20-14/h4-9,15H,10-11H2,1-3H3,(H,21,24)(H,22,26)/t15-/m1/s1. The second kappa shape index (κ2) is 7.22. The van der Waals surface area contributed by atoms with Gasteiger partial charge in [0.05, 0.1) is 5.52 Å². The normalized spacial score (nSPS) is 17.1. The Morgan fingerprint density at radius 3 is 2.67 bits per heavy atom. The summed E-state index contributed by atoms with van der Waals surface area (Å²) in [5.74, 6) is -0.826. The van der Waals surface area contributed by atoms with E-state index in [1.54, 1.807) is 26.8 Å². The van der Waals surface area contributed by atoms with Crippen molar-refractivity contribution in [1.82, 2.24) is 20.7 Å². The Balaban J connectivity index is 1.61. The number of para-hydroxylation sites is 1. The molecule has 3 amide bonds. The number of carbonyl (C=O) groups excluding carboxylic acids is 3. The zero-order valence-corrected chi connectivity index (χ0v) is 15.5. The summed E-state index contributed by atoms with van der Waals surface area (Å²) in [6, 6.07) is 10.2. The van der Waals surface area contributed by atoms with Crippen LogP contribution in [0.3, 0.4) is 0 Å². The molecule has 0 bridgehead atoms. The van der Waals surface area contributed by atoms with Gasteiger partial charge in [0.15, 0.2) is 0 Å². The number of carbonyl (C=O) groups is 3. The number of nitrogens with zero attached hydrogens (tertiary/aromatic N) is 2. The number of hydrogen-bond donors (Lipinski definition) is 2. The van der Waals surface area contributed by atoms with E-state index >= 15 is 0 Å². The molecule has 0 spiro atoms. The maximum absolute atomic E-state index is 12.5. The molecular formula is C19H22N4O4.